The minimum Gasteiger partial charge on any atom is -0.292 e. The van der Waals surface area contributed by atoms with Crippen LogP contribution in [0.1, 0.15) is 9.67 Å². The molecule has 3 rings (SSSR count). The van der Waals surface area contributed by atoms with Crippen molar-refractivity contribution in [2.45, 2.75) is 4.90 Å². The van der Waals surface area contributed by atoms with E-state index in [2.05, 4.69) is 15.9 Å². The van der Waals surface area contributed by atoms with Crippen LogP contribution in [0.15, 0.2) is 59.5 Å². The van der Waals surface area contributed by atoms with E-state index in [-0.39, 0.29) is 21.8 Å². The van der Waals surface area contributed by atoms with E-state index in [0.717, 1.165) is 27.8 Å². The molecule has 0 N–H and O–H groups in total. The van der Waals surface area contributed by atoms with Crippen LogP contribution in [0.2, 0.25) is 0 Å². The van der Waals surface area contributed by atoms with Crippen molar-refractivity contribution in [3.8, 4) is 21.6 Å². The second-order valence-corrected chi connectivity index (χ2v) is 9.34. The molecule has 1 heterocycles. The van der Waals surface area contributed by atoms with Gasteiger partial charge in [0.1, 0.15) is 5.82 Å². The van der Waals surface area contributed by atoms with Crippen molar-refractivity contribution in [1.82, 2.24) is 0 Å². The zero-order valence-electron chi connectivity index (χ0n) is 13.7. The molecule has 0 spiro atoms. The van der Waals surface area contributed by atoms with Crippen molar-refractivity contribution in [2.24, 2.45) is 0 Å². The molecular formula is C19H14BrFO3S2. The Bertz CT molecular complexity index is 1050. The third kappa shape index (κ3) is 3.95. The van der Waals surface area contributed by atoms with Gasteiger partial charge in [-0.15, -0.1) is 11.3 Å². The SMILES string of the molecule is CS(=O)(=O)c1ccc(-c2cc(C(=O)CBr)sc2-c2ccc(F)cc2)cc1. The third-order valence-corrected chi connectivity index (χ3v) is 6.69. The highest BCUT2D eigenvalue weighted by Crippen LogP contribution is 2.40. The lowest BCUT2D eigenvalue weighted by molar-refractivity contribution is 0.102. The molecule has 0 fully saturated rings. The average molecular weight is 453 g/mol. The fourth-order valence-corrected chi connectivity index (χ4v) is 4.75. The molecule has 0 amide bonds. The van der Waals surface area contributed by atoms with Gasteiger partial charge in [0.25, 0.3) is 0 Å². The molecule has 2 aromatic carbocycles. The summed E-state index contributed by atoms with van der Waals surface area (Å²) in [5.74, 6) is -0.376. The number of ketones is 1. The van der Waals surface area contributed by atoms with Gasteiger partial charge < -0.3 is 0 Å². The molecule has 0 bridgehead atoms. The van der Waals surface area contributed by atoms with Gasteiger partial charge in [-0.3, -0.25) is 4.79 Å². The predicted molar refractivity (Wildman–Crippen MR) is 106 cm³/mol. The minimum atomic E-state index is -3.28. The number of sulfone groups is 1. The van der Waals surface area contributed by atoms with Crippen LogP contribution in [0.4, 0.5) is 4.39 Å². The summed E-state index contributed by atoms with van der Waals surface area (Å²) >= 11 is 4.52. The van der Waals surface area contributed by atoms with E-state index < -0.39 is 9.84 Å². The van der Waals surface area contributed by atoms with Gasteiger partial charge in [0, 0.05) is 16.7 Å². The van der Waals surface area contributed by atoms with Gasteiger partial charge in [0.2, 0.25) is 0 Å². The van der Waals surface area contributed by atoms with Crippen molar-refractivity contribution in [3.63, 3.8) is 0 Å². The van der Waals surface area contributed by atoms with Gasteiger partial charge in [0.05, 0.1) is 15.1 Å². The Kier molecular flexibility index (Phi) is 5.41. The molecule has 3 nitrogen and oxygen atoms in total. The van der Waals surface area contributed by atoms with Gasteiger partial charge in [-0.1, -0.05) is 40.2 Å². The lowest BCUT2D eigenvalue weighted by Gasteiger charge is -2.06. The zero-order valence-corrected chi connectivity index (χ0v) is 16.9. The molecule has 0 atom stereocenters. The second kappa shape index (κ2) is 7.42. The quantitative estimate of drug-likeness (QED) is 0.394. The summed E-state index contributed by atoms with van der Waals surface area (Å²) in [6.45, 7) is 0. The lowest BCUT2D eigenvalue weighted by atomic mass is 10.0. The molecule has 0 aliphatic carbocycles. The van der Waals surface area contributed by atoms with Crippen molar-refractivity contribution in [3.05, 3.63) is 65.3 Å². The molecule has 0 radical (unpaired) electrons. The number of halogens is 2. The summed E-state index contributed by atoms with van der Waals surface area (Å²) in [6, 6.07) is 14.4. The van der Waals surface area contributed by atoms with Crippen LogP contribution in [-0.2, 0) is 9.84 Å². The van der Waals surface area contributed by atoms with E-state index in [1.54, 1.807) is 42.5 Å². The zero-order chi connectivity index (χ0) is 18.9. The van der Waals surface area contributed by atoms with Crippen LogP contribution in [0, 0.1) is 5.82 Å². The van der Waals surface area contributed by atoms with Crippen molar-refractivity contribution in [1.29, 1.82) is 0 Å². The summed E-state index contributed by atoms with van der Waals surface area (Å²) in [4.78, 5) is 13.8. The largest absolute Gasteiger partial charge is 0.292 e. The monoisotopic (exact) mass is 452 g/mol. The van der Waals surface area contributed by atoms with Gasteiger partial charge in [-0.25, -0.2) is 12.8 Å². The molecule has 134 valence electrons. The second-order valence-electron chi connectivity index (χ2n) is 5.71. The summed E-state index contributed by atoms with van der Waals surface area (Å²) in [6.07, 6.45) is 1.16. The van der Waals surface area contributed by atoms with Crippen molar-refractivity contribution >= 4 is 42.9 Å². The highest BCUT2D eigenvalue weighted by Gasteiger charge is 2.17. The molecule has 0 aliphatic rings. The highest BCUT2D eigenvalue weighted by molar-refractivity contribution is 9.09. The molecule has 0 unspecified atom stereocenters. The first-order valence-corrected chi connectivity index (χ1v) is 11.4. The van der Waals surface area contributed by atoms with Crippen LogP contribution < -0.4 is 0 Å². The van der Waals surface area contributed by atoms with Crippen LogP contribution in [0.3, 0.4) is 0 Å². The van der Waals surface area contributed by atoms with Crippen LogP contribution in [0.5, 0.6) is 0 Å². The maximum absolute atomic E-state index is 13.3. The summed E-state index contributed by atoms with van der Waals surface area (Å²) in [5.41, 5.74) is 2.40. The van der Waals surface area contributed by atoms with E-state index in [0.29, 0.717) is 4.88 Å². The molecule has 0 saturated heterocycles. The number of thiophene rings is 1. The van der Waals surface area contributed by atoms with E-state index in [1.165, 1.54) is 23.5 Å². The number of benzene rings is 2. The van der Waals surface area contributed by atoms with E-state index in [4.69, 9.17) is 0 Å². The molecule has 7 heteroatoms. The van der Waals surface area contributed by atoms with Gasteiger partial charge in [-0.2, -0.15) is 0 Å². The van der Waals surface area contributed by atoms with Crippen LogP contribution in [0.25, 0.3) is 21.6 Å². The number of Topliss-reactive ketones (excluding diaryl/α,β-unsaturated/α-hetero) is 1. The molecule has 0 aliphatic heterocycles. The topological polar surface area (TPSA) is 51.2 Å². The molecule has 0 saturated carbocycles. The Balaban J connectivity index is 2.14. The average Bonchev–Trinajstić information content (AvgIpc) is 3.06. The van der Waals surface area contributed by atoms with Crippen LogP contribution in [-0.4, -0.2) is 25.8 Å². The van der Waals surface area contributed by atoms with E-state index in [1.807, 2.05) is 0 Å². The normalized spacial score (nSPS) is 11.5. The maximum Gasteiger partial charge on any atom is 0.183 e. The first-order valence-electron chi connectivity index (χ1n) is 7.59. The fraction of sp³-hybridized carbons (Fsp3) is 0.105. The van der Waals surface area contributed by atoms with Crippen LogP contribution >= 0.6 is 27.3 Å². The number of hydrogen-bond acceptors (Lipinski definition) is 4. The minimum absolute atomic E-state index is 0.0441. The third-order valence-electron chi connectivity index (χ3n) is 3.83. The predicted octanol–water partition coefficient (Wildman–Crippen LogP) is 5.20. The smallest absolute Gasteiger partial charge is 0.183 e. The molecule has 3 aromatic rings. The number of rotatable bonds is 5. The van der Waals surface area contributed by atoms with E-state index >= 15 is 0 Å². The summed E-state index contributed by atoms with van der Waals surface area (Å²) in [7, 11) is -3.28. The number of alkyl halides is 1. The summed E-state index contributed by atoms with van der Waals surface area (Å²) in [5, 5.41) is 0.211. The van der Waals surface area contributed by atoms with Crippen molar-refractivity contribution < 1.29 is 17.6 Å². The van der Waals surface area contributed by atoms with Gasteiger partial charge >= 0.3 is 0 Å². The highest BCUT2D eigenvalue weighted by atomic mass is 79.9. The fourth-order valence-electron chi connectivity index (χ4n) is 2.51. The van der Waals surface area contributed by atoms with Crippen molar-refractivity contribution in [2.75, 3.05) is 11.6 Å². The summed E-state index contributed by atoms with van der Waals surface area (Å²) < 4.78 is 36.6. The Morgan fingerprint density at radius 2 is 1.62 bits per heavy atom. The maximum atomic E-state index is 13.3. The Labute approximate surface area is 163 Å². The number of hydrogen-bond donors (Lipinski definition) is 0. The van der Waals surface area contributed by atoms with Gasteiger partial charge in [-0.05, 0) is 41.5 Å². The Hall–Kier alpha value is -1.83. The number of carbonyl (C=O) groups excluding carboxylic acids is 1. The number of carbonyl (C=O) groups is 1. The Morgan fingerprint density at radius 3 is 2.15 bits per heavy atom. The lowest BCUT2D eigenvalue weighted by Crippen LogP contribution is -1.96. The Morgan fingerprint density at radius 1 is 1.04 bits per heavy atom. The first kappa shape index (κ1) is 18.9. The first-order chi connectivity index (χ1) is 12.3. The van der Waals surface area contributed by atoms with E-state index in [9.17, 15) is 17.6 Å². The molecule has 1 aromatic heterocycles. The molecule has 26 heavy (non-hydrogen) atoms. The molecular weight excluding hydrogens is 439 g/mol. The standard InChI is InChI=1S/C19H14BrFO3S2/c1-26(23,24)15-8-4-12(5-9-15)16-10-18(17(22)11-20)25-19(16)13-2-6-14(21)7-3-13/h2-10H,11H2,1H3. The van der Waals surface area contributed by atoms with Gasteiger partial charge in [0.15, 0.2) is 15.6 Å².